The normalized spacial score (nSPS) is 10.2. The van der Waals surface area contributed by atoms with Crippen molar-refractivity contribution < 1.29 is 14.3 Å². The van der Waals surface area contributed by atoms with E-state index >= 15 is 0 Å². The van der Waals surface area contributed by atoms with E-state index in [0.717, 1.165) is 11.4 Å². The molecule has 1 aromatic carbocycles. The van der Waals surface area contributed by atoms with Crippen LogP contribution in [0.3, 0.4) is 0 Å². The number of halogens is 1. The monoisotopic (exact) mass is 350 g/mol. The Morgan fingerprint density at radius 3 is 2.71 bits per heavy atom. The van der Waals surface area contributed by atoms with Gasteiger partial charge in [-0.25, -0.2) is 0 Å². The second kappa shape index (κ2) is 7.17. The molecule has 0 radical (unpaired) electrons. The maximum atomic E-state index is 11.7. The summed E-state index contributed by atoms with van der Waals surface area (Å²) in [6.45, 7) is 2.18. The molecule has 21 heavy (non-hydrogen) atoms. The fourth-order valence-electron chi connectivity index (χ4n) is 1.71. The van der Waals surface area contributed by atoms with E-state index in [-0.39, 0.29) is 11.1 Å². The average Bonchev–Trinajstić information content (AvgIpc) is 2.53. The Kier molecular flexibility index (Phi) is 5.27. The van der Waals surface area contributed by atoms with Crippen molar-refractivity contribution in [2.75, 3.05) is 12.4 Å². The highest BCUT2D eigenvalue weighted by Crippen LogP contribution is 2.26. The van der Waals surface area contributed by atoms with Crippen molar-refractivity contribution in [1.29, 1.82) is 0 Å². The third kappa shape index (κ3) is 4.01. The summed E-state index contributed by atoms with van der Waals surface area (Å²) in [5, 5.41) is 0.252. The van der Waals surface area contributed by atoms with Crippen LogP contribution in [0.2, 0.25) is 0 Å². The van der Waals surface area contributed by atoms with Gasteiger partial charge < -0.3 is 9.47 Å². The number of ketones is 1. The quantitative estimate of drug-likeness (QED) is 0.592. The van der Waals surface area contributed by atoms with Gasteiger partial charge >= 0.3 is 0 Å². The van der Waals surface area contributed by atoms with E-state index in [1.165, 1.54) is 7.11 Å². The Bertz CT molecular complexity index is 629. The molecule has 2 aromatic rings. The van der Waals surface area contributed by atoms with E-state index in [1.54, 1.807) is 30.6 Å². The zero-order valence-electron chi connectivity index (χ0n) is 11.8. The molecule has 6 heteroatoms. The molecule has 0 saturated carbocycles. The lowest BCUT2D eigenvalue weighted by Gasteiger charge is -2.10. The molecule has 0 fully saturated rings. The van der Waals surface area contributed by atoms with E-state index in [1.807, 2.05) is 6.92 Å². The molecule has 110 valence electrons. The van der Waals surface area contributed by atoms with Gasteiger partial charge in [0, 0.05) is 12.3 Å². The largest absolute Gasteiger partial charge is 0.496 e. The lowest BCUT2D eigenvalue weighted by molar-refractivity contribution is 0.102. The molecule has 1 heterocycles. The van der Waals surface area contributed by atoms with Crippen LogP contribution in [-0.4, -0.2) is 28.2 Å². The van der Waals surface area contributed by atoms with E-state index in [2.05, 4.69) is 25.9 Å². The van der Waals surface area contributed by atoms with Crippen molar-refractivity contribution >= 4 is 21.7 Å². The van der Waals surface area contributed by atoms with Gasteiger partial charge in [-0.3, -0.25) is 14.8 Å². The van der Waals surface area contributed by atoms with Crippen molar-refractivity contribution in [3.05, 3.63) is 47.5 Å². The number of rotatable bonds is 6. The summed E-state index contributed by atoms with van der Waals surface area (Å²) in [5.74, 6) is 1.06. The van der Waals surface area contributed by atoms with Crippen LogP contribution in [0.1, 0.15) is 21.7 Å². The summed E-state index contributed by atoms with van der Waals surface area (Å²) >= 11 is 3.15. The highest BCUT2D eigenvalue weighted by atomic mass is 79.9. The number of aromatic nitrogens is 2. The highest BCUT2D eigenvalue weighted by Gasteiger charge is 2.12. The molecule has 2 rings (SSSR count). The number of carbonyl (C=O) groups excluding carboxylic acids is 1. The number of benzene rings is 1. The third-order valence-corrected chi connectivity index (χ3v) is 3.33. The third-order valence-electron chi connectivity index (χ3n) is 2.82. The van der Waals surface area contributed by atoms with Crippen LogP contribution in [0.5, 0.6) is 11.5 Å². The fourth-order valence-corrected chi connectivity index (χ4v) is 2.02. The Hall–Kier alpha value is -1.95. The first-order chi connectivity index (χ1) is 10.1. The summed E-state index contributed by atoms with van der Waals surface area (Å²) in [6, 6.07) is 5.12. The SMILES string of the molecule is COc1cc(OCc2cnc(C)cn2)ccc1C(=O)CBr. The van der Waals surface area contributed by atoms with Crippen LogP contribution in [0.15, 0.2) is 30.6 Å². The van der Waals surface area contributed by atoms with Crippen molar-refractivity contribution in [2.45, 2.75) is 13.5 Å². The van der Waals surface area contributed by atoms with Gasteiger partial charge in [-0.1, -0.05) is 15.9 Å². The summed E-state index contributed by atoms with van der Waals surface area (Å²) < 4.78 is 10.9. The number of alkyl halides is 1. The summed E-state index contributed by atoms with van der Waals surface area (Å²) in [6.07, 6.45) is 3.37. The minimum Gasteiger partial charge on any atom is -0.496 e. The van der Waals surface area contributed by atoms with Gasteiger partial charge in [0.25, 0.3) is 0 Å². The number of carbonyl (C=O) groups is 1. The standard InChI is InChI=1S/C15H15BrN2O3/c1-10-7-18-11(8-17-10)9-21-12-3-4-13(14(19)6-16)15(5-12)20-2/h3-5,7-8H,6,9H2,1-2H3. The smallest absolute Gasteiger partial charge is 0.177 e. The van der Waals surface area contributed by atoms with Crippen LogP contribution in [0, 0.1) is 6.92 Å². The van der Waals surface area contributed by atoms with Gasteiger partial charge in [-0.05, 0) is 19.1 Å². The van der Waals surface area contributed by atoms with Crippen molar-refractivity contribution in [2.24, 2.45) is 0 Å². The molecule has 0 atom stereocenters. The minimum absolute atomic E-state index is 0.0391. The molecular formula is C15H15BrN2O3. The molecule has 0 amide bonds. The number of methoxy groups -OCH3 is 1. The minimum atomic E-state index is -0.0391. The predicted molar refractivity (Wildman–Crippen MR) is 82.2 cm³/mol. The van der Waals surface area contributed by atoms with Gasteiger partial charge in [0.2, 0.25) is 0 Å². The molecule has 1 aromatic heterocycles. The zero-order chi connectivity index (χ0) is 15.2. The van der Waals surface area contributed by atoms with Crippen LogP contribution < -0.4 is 9.47 Å². The fraction of sp³-hybridized carbons (Fsp3) is 0.267. The average molecular weight is 351 g/mol. The van der Waals surface area contributed by atoms with Crippen molar-refractivity contribution in [1.82, 2.24) is 9.97 Å². The molecular weight excluding hydrogens is 336 g/mol. The Labute approximate surface area is 131 Å². The number of hydrogen-bond donors (Lipinski definition) is 0. The first kappa shape index (κ1) is 15.4. The van der Waals surface area contributed by atoms with Crippen LogP contribution in [0.25, 0.3) is 0 Å². The number of ether oxygens (including phenoxy) is 2. The lowest BCUT2D eigenvalue weighted by Crippen LogP contribution is -2.04. The van der Waals surface area contributed by atoms with E-state index in [9.17, 15) is 4.79 Å². The summed E-state index contributed by atoms with van der Waals surface area (Å²) in [7, 11) is 1.52. The van der Waals surface area contributed by atoms with Crippen molar-refractivity contribution in [3.8, 4) is 11.5 Å². The van der Waals surface area contributed by atoms with Crippen LogP contribution in [0.4, 0.5) is 0 Å². The lowest BCUT2D eigenvalue weighted by atomic mass is 10.1. The highest BCUT2D eigenvalue weighted by molar-refractivity contribution is 9.09. The maximum absolute atomic E-state index is 11.7. The molecule has 0 bridgehead atoms. The number of hydrogen-bond acceptors (Lipinski definition) is 5. The molecule has 0 N–H and O–H groups in total. The number of aryl methyl sites for hydroxylation is 1. The Balaban J connectivity index is 2.10. The second-order valence-corrected chi connectivity index (χ2v) is 4.92. The van der Waals surface area contributed by atoms with E-state index < -0.39 is 0 Å². The molecule has 0 spiro atoms. The van der Waals surface area contributed by atoms with E-state index in [4.69, 9.17) is 9.47 Å². The number of nitrogens with zero attached hydrogens (tertiary/aromatic N) is 2. The molecule has 0 aliphatic carbocycles. The van der Waals surface area contributed by atoms with Crippen LogP contribution in [-0.2, 0) is 6.61 Å². The predicted octanol–water partition coefficient (Wildman–Crippen LogP) is 2.95. The van der Waals surface area contributed by atoms with Gasteiger partial charge in [-0.2, -0.15) is 0 Å². The van der Waals surface area contributed by atoms with Gasteiger partial charge in [0.15, 0.2) is 5.78 Å². The molecule has 0 unspecified atom stereocenters. The van der Waals surface area contributed by atoms with Crippen LogP contribution >= 0.6 is 15.9 Å². The van der Waals surface area contributed by atoms with Gasteiger partial charge in [0.1, 0.15) is 18.1 Å². The van der Waals surface area contributed by atoms with Crippen molar-refractivity contribution in [3.63, 3.8) is 0 Å². The molecule has 0 aliphatic heterocycles. The molecule has 5 nitrogen and oxygen atoms in total. The zero-order valence-corrected chi connectivity index (χ0v) is 13.4. The maximum Gasteiger partial charge on any atom is 0.177 e. The Morgan fingerprint density at radius 1 is 1.29 bits per heavy atom. The topological polar surface area (TPSA) is 61.3 Å². The van der Waals surface area contributed by atoms with Gasteiger partial charge in [-0.15, -0.1) is 0 Å². The molecule has 0 saturated heterocycles. The van der Waals surface area contributed by atoms with Gasteiger partial charge in [0.05, 0.1) is 35.6 Å². The Morgan fingerprint density at radius 2 is 2.10 bits per heavy atom. The first-order valence-corrected chi connectivity index (χ1v) is 7.43. The summed E-state index contributed by atoms with van der Waals surface area (Å²) in [5.41, 5.74) is 2.12. The first-order valence-electron chi connectivity index (χ1n) is 6.31. The summed E-state index contributed by atoms with van der Waals surface area (Å²) in [4.78, 5) is 20.1. The number of Topliss-reactive ketones (excluding diaryl/α,β-unsaturated/α-hetero) is 1. The van der Waals surface area contributed by atoms with E-state index in [0.29, 0.717) is 23.7 Å². The second-order valence-electron chi connectivity index (χ2n) is 4.36. The molecule has 0 aliphatic rings.